The molecule has 5 heteroatoms. The zero-order valence-electron chi connectivity index (χ0n) is 9.80. The highest BCUT2D eigenvalue weighted by atomic mass is 79.9. The molecule has 1 aromatic rings. The van der Waals surface area contributed by atoms with E-state index in [-0.39, 0.29) is 11.8 Å². The fraction of sp³-hybridized carbons (Fsp3) is 0.417. The summed E-state index contributed by atoms with van der Waals surface area (Å²) in [6, 6.07) is 4.39. The van der Waals surface area contributed by atoms with Crippen LogP contribution in [0.1, 0.15) is 19.4 Å². The minimum atomic E-state index is -0.412. The Morgan fingerprint density at radius 1 is 1.59 bits per heavy atom. The molecule has 0 aliphatic carbocycles. The average molecular weight is 304 g/mol. The Balaban J connectivity index is 2.56. The summed E-state index contributed by atoms with van der Waals surface area (Å²) in [5, 5.41) is 2.98. The standard InChI is InChI=1S/C12H15BrFNO2/c1-3-17-12(16)8(2)15-7-9-5-4-6-10(14)11(9)13/h4-6,8,15H,3,7H2,1-2H3. The fourth-order valence-corrected chi connectivity index (χ4v) is 1.70. The van der Waals surface area contributed by atoms with E-state index >= 15 is 0 Å². The van der Waals surface area contributed by atoms with Crippen molar-refractivity contribution >= 4 is 21.9 Å². The third-order valence-corrected chi connectivity index (χ3v) is 3.16. The van der Waals surface area contributed by atoms with E-state index in [9.17, 15) is 9.18 Å². The Bertz CT molecular complexity index is 398. The van der Waals surface area contributed by atoms with Crippen LogP contribution in [-0.2, 0) is 16.1 Å². The lowest BCUT2D eigenvalue weighted by molar-refractivity contribution is -0.145. The van der Waals surface area contributed by atoms with Crippen LogP contribution in [0.5, 0.6) is 0 Å². The molecule has 17 heavy (non-hydrogen) atoms. The van der Waals surface area contributed by atoms with Crippen LogP contribution in [0.15, 0.2) is 22.7 Å². The summed E-state index contributed by atoms with van der Waals surface area (Å²) in [6.07, 6.45) is 0. The van der Waals surface area contributed by atoms with Crippen LogP contribution in [0.25, 0.3) is 0 Å². The first-order valence-corrected chi connectivity index (χ1v) is 6.18. The molecule has 3 nitrogen and oxygen atoms in total. The van der Waals surface area contributed by atoms with Crippen molar-refractivity contribution in [3.8, 4) is 0 Å². The molecular weight excluding hydrogens is 289 g/mol. The van der Waals surface area contributed by atoms with Crippen LogP contribution in [0.2, 0.25) is 0 Å². The lowest BCUT2D eigenvalue weighted by Crippen LogP contribution is -2.35. The molecule has 1 N–H and O–H groups in total. The second-order valence-corrected chi connectivity index (χ2v) is 4.36. The van der Waals surface area contributed by atoms with E-state index in [0.717, 1.165) is 5.56 Å². The summed E-state index contributed by atoms with van der Waals surface area (Å²) in [5.74, 6) is -0.617. The Kier molecular flexibility index (Phi) is 5.58. The zero-order chi connectivity index (χ0) is 12.8. The minimum Gasteiger partial charge on any atom is -0.465 e. The van der Waals surface area contributed by atoms with Gasteiger partial charge in [0.15, 0.2) is 0 Å². The highest BCUT2D eigenvalue weighted by Crippen LogP contribution is 2.20. The molecule has 1 atom stereocenters. The van der Waals surface area contributed by atoms with Crippen molar-refractivity contribution in [3.63, 3.8) is 0 Å². The highest BCUT2D eigenvalue weighted by Gasteiger charge is 2.14. The largest absolute Gasteiger partial charge is 0.465 e. The van der Waals surface area contributed by atoms with Crippen molar-refractivity contribution in [2.75, 3.05) is 6.61 Å². The van der Waals surface area contributed by atoms with Gasteiger partial charge in [-0.2, -0.15) is 0 Å². The van der Waals surface area contributed by atoms with Crippen LogP contribution >= 0.6 is 15.9 Å². The summed E-state index contributed by atoms with van der Waals surface area (Å²) in [7, 11) is 0. The zero-order valence-corrected chi connectivity index (χ0v) is 11.4. The van der Waals surface area contributed by atoms with Gasteiger partial charge in [-0.25, -0.2) is 4.39 Å². The monoisotopic (exact) mass is 303 g/mol. The Morgan fingerprint density at radius 2 is 2.29 bits per heavy atom. The third kappa shape index (κ3) is 4.09. The fourth-order valence-electron chi connectivity index (χ4n) is 1.30. The van der Waals surface area contributed by atoms with Gasteiger partial charge in [-0.3, -0.25) is 4.79 Å². The molecule has 1 rings (SSSR count). The van der Waals surface area contributed by atoms with E-state index in [1.165, 1.54) is 6.07 Å². The summed E-state index contributed by atoms with van der Waals surface area (Å²) in [4.78, 5) is 11.3. The maximum atomic E-state index is 13.2. The molecule has 0 fully saturated rings. The van der Waals surface area contributed by atoms with Crippen molar-refractivity contribution < 1.29 is 13.9 Å². The second-order valence-electron chi connectivity index (χ2n) is 3.57. The number of hydrogen-bond donors (Lipinski definition) is 1. The number of benzene rings is 1. The van der Waals surface area contributed by atoms with Gasteiger partial charge < -0.3 is 10.1 Å². The lowest BCUT2D eigenvalue weighted by Gasteiger charge is -2.13. The molecule has 1 aromatic carbocycles. The summed E-state index contributed by atoms with van der Waals surface area (Å²) < 4.78 is 18.5. The topological polar surface area (TPSA) is 38.3 Å². The average Bonchev–Trinajstić information content (AvgIpc) is 2.31. The molecule has 0 aromatic heterocycles. The van der Waals surface area contributed by atoms with Gasteiger partial charge in [0.25, 0.3) is 0 Å². The van der Waals surface area contributed by atoms with Gasteiger partial charge in [-0.1, -0.05) is 12.1 Å². The molecule has 0 saturated heterocycles. The number of nitrogens with one attached hydrogen (secondary N) is 1. The number of rotatable bonds is 5. The van der Waals surface area contributed by atoms with Crippen molar-refractivity contribution in [1.82, 2.24) is 5.32 Å². The molecule has 0 bridgehead atoms. The molecule has 0 radical (unpaired) electrons. The van der Waals surface area contributed by atoms with Crippen molar-refractivity contribution in [2.45, 2.75) is 26.4 Å². The molecule has 0 saturated carbocycles. The maximum Gasteiger partial charge on any atom is 0.322 e. The highest BCUT2D eigenvalue weighted by molar-refractivity contribution is 9.10. The molecular formula is C12H15BrFNO2. The Morgan fingerprint density at radius 3 is 2.94 bits per heavy atom. The first kappa shape index (κ1) is 14.1. The molecule has 94 valence electrons. The molecule has 0 aliphatic rings. The number of carbonyl (C=O) groups excluding carboxylic acids is 1. The van der Waals surface area contributed by atoms with Crippen molar-refractivity contribution in [1.29, 1.82) is 0 Å². The quantitative estimate of drug-likeness (QED) is 0.850. The number of carbonyl (C=O) groups is 1. The summed E-state index contributed by atoms with van der Waals surface area (Å²) in [6.45, 7) is 4.23. The maximum absolute atomic E-state index is 13.2. The predicted molar refractivity (Wildman–Crippen MR) is 67.0 cm³/mol. The number of hydrogen-bond acceptors (Lipinski definition) is 3. The molecule has 0 spiro atoms. The normalized spacial score (nSPS) is 12.2. The van der Waals surface area contributed by atoms with Crippen LogP contribution in [0, 0.1) is 5.82 Å². The van der Waals surface area contributed by atoms with Crippen molar-refractivity contribution in [2.24, 2.45) is 0 Å². The van der Waals surface area contributed by atoms with Gasteiger partial charge in [0.2, 0.25) is 0 Å². The van der Waals surface area contributed by atoms with Crippen LogP contribution < -0.4 is 5.32 Å². The molecule has 1 unspecified atom stereocenters. The SMILES string of the molecule is CCOC(=O)C(C)NCc1cccc(F)c1Br. The van der Waals surface area contributed by atoms with E-state index in [2.05, 4.69) is 21.2 Å². The van der Waals surface area contributed by atoms with Crippen LogP contribution in [0.4, 0.5) is 4.39 Å². The van der Waals surface area contributed by atoms with Crippen LogP contribution in [-0.4, -0.2) is 18.6 Å². The van der Waals surface area contributed by atoms with E-state index in [1.54, 1.807) is 26.0 Å². The van der Waals surface area contributed by atoms with E-state index in [0.29, 0.717) is 17.6 Å². The summed E-state index contributed by atoms with van der Waals surface area (Å²) in [5.41, 5.74) is 0.765. The lowest BCUT2D eigenvalue weighted by atomic mass is 10.2. The molecule has 0 heterocycles. The van der Waals surface area contributed by atoms with Gasteiger partial charge in [0.1, 0.15) is 11.9 Å². The van der Waals surface area contributed by atoms with Gasteiger partial charge >= 0.3 is 5.97 Å². The third-order valence-electron chi connectivity index (χ3n) is 2.27. The number of ether oxygens (including phenoxy) is 1. The number of halogens is 2. The van der Waals surface area contributed by atoms with Gasteiger partial charge in [0.05, 0.1) is 11.1 Å². The summed E-state index contributed by atoms with van der Waals surface area (Å²) >= 11 is 3.17. The molecule has 0 aliphatic heterocycles. The predicted octanol–water partition coefficient (Wildman–Crippen LogP) is 2.63. The van der Waals surface area contributed by atoms with E-state index < -0.39 is 6.04 Å². The first-order chi connectivity index (χ1) is 8.06. The molecule has 0 amide bonds. The van der Waals surface area contributed by atoms with Crippen LogP contribution in [0.3, 0.4) is 0 Å². The second kappa shape index (κ2) is 6.71. The van der Waals surface area contributed by atoms with Crippen molar-refractivity contribution in [3.05, 3.63) is 34.1 Å². The Labute approximate surface area is 108 Å². The first-order valence-electron chi connectivity index (χ1n) is 5.39. The van der Waals surface area contributed by atoms with Gasteiger partial charge in [-0.05, 0) is 41.4 Å². The van der Waals surface area contributed by atoms with Gasteiger partial charge in [0, 0.05) is 6.54 Å². The minimum absolute atomic E-state index is 0.306. The van der Waals surface area contributed by atoms with E-state index in [4.69, 9.17) is 4.74 Å². The van der Waals surface area contributed by atoms with Gasteiger partial charge in [-0.15, -0.1) is 0 Å². The van der Waals surface area contributed by atoms with E-state index in [1.807, 2.05) is 0 Å². The smallest absolute Gasteiger partial charge is 0.322 e. The Hall–Kier alpha value is -0.940. The number of esters is 1.